The summed E-state index contributed by atoms with van der Waals surface area (Å²) >= 11 is 6.03. The normalized spacial score (nSPS) is 16.2. The minimum Gasteiger partial charge on any atom is -0.507 e. The monoisotopic (exact) mass is 241 g/mol. The molecule has 0 heterocycles. The van der Waals surface area contributed by atoms with Crippen molar-refractivity contribution in [2.45, 2.75) is 12.8 Å². The van der Waals surface area contributed by atoms with Crippen LogP contribution in [-0.2, 0) is 0 Å². The van der Waals surface area contributed by atoms with E-state index >= 15 is 0 Å². The third-order valence-electron chi connectivity index (χ3n) is 2.61. The number of nitrogens with zero attached hydrogens (tertiary/aromatic N) is 1. The molecule has 0 radical (unpaired) electrons. The van der Waals surface area contributed by atoms with Gasteiger partial charge in [-0.05, 0) is 18.9 Å². The number of phenols is 1. The zero-order chi connectivity index (χ0) is 11.7. The lowest BCUT2D eigenvalue weighted by Gasteiger charge is -2.10. The van der Waals surface area contributed by atoms with Gasteiger partial charge < -0.3 is 15.1 Å². The van der Waals surface area contributed by atoms with E-state index in [2.05, 4.69) is 5.16 Å². The quantitative estimate of drug-likeness (QED) is 0.486. The molecule has 16 heavy (non-hydrogen) atoms. The Morgan fingerprint density at radius 3 is 2.62 bits per heavy atom. The molecule has 1 aliphatic rings. The van der Waals surface area contributed by atoms with E-state index in [0.29, 0.717) is 22.0 Å². The van der Waals surface area contributed by atoms with Gasteiger partial charge in [0.05, 0.1) is 23.4 Å². The van der Waals surface area contributed by atoms with E-state index in [1.807, 2.05) is 0 Å². The first-order valence-electron chi connectivity index (χ1n) is 4.96. The first-order chi connectivity index (χ1) is 7.67. The van der Waals surface area contributed by atoms with Gasteiger partial charge in [0.15, 0.2) is 0 Å². The topological polar surface area (TPSA) is 62.0 Å². The molecule has 0 aromatic heterocycles. The van der Waals surface area contributed by atoms with E-state index in [1.165, 1.54) is 13.2 Å². The molecule has 0 saturated heterocycles. The lowest BCUT2D eigenvalue weighted by atomic mass is 10.0. The first kappa shape index (κ1) is 11.1. The van der Waals surface area contributed by atoms with E-state index in [0.717, 1.165) is 12.8 Å². The van der Waals surface area contributed by atoms with Crippen LogP contribution in [0.4, 0.5) is 0 Å². The molecule has 86 valence electrons. The first-order valence-corrected chi connectivity index (χ1v) is 5.34. The van der Waals surface area contributed by atoms with Crippen molar-refractivity contribution in [1.82, 2.24) is 0 Å². The van der Waals surface area contributed by atoms with Crippen LogP contribution in [0.1, 0.15) is 18.4 Å². The van der Waals surface area contributed by atoms with Crippen molar-refractivity contribution in [3.63, 3.8) is 0 Å². The van der Waals surface area contributed by atoms with Gasteiger partial charge in [0.2, 0.25) is 0 Å². The number of ether oxygens (including phenoxy) is 1. The van der Waals surface area contributed by atoms with Crippen LogP contribution in [0.3, 0.4) is 0 Å². The molecular formula is C11H12ClNO3. The lowest BCUT2D eigenvalue weighted by molar-refractivity contribution is 0.317. The van der Waals surface area contributed by atoms with Crippen LogP contribution >= 0.6 is 11.6 Å². The molecule has 2 N–H and O–H groups in total. The van der Waals surface area contributed by atoms with E-state index in [1.54, 1.807) is 6.07 Å². The van der Waals surface area contributed by atoms with Crippen LogP contribution < -0.4 is 4.74 Å². The van der Waals surface area contributed by atoms with E-state index in [9.17, 15) is 5.11 Å². The summed E-state index contributed by atoms with van der Waals surface area (Å²) in [6.07, 6.45) is 1.92. The predicted molar refractivity (Wildman–Crippen MR) is 60.7 cm³/mol. The number of aromatic hydroxyl groups is 1. The SMILES string of the molecule is COc1cc(O)c(/C(=N\O)C2CC2)c(Cl)c1. The van der Waals surface area contributed by atoms with Gasteiger partial charge in [-0.25, -0.2) is 0 Å². The lowest BCUT2D eigenvalue weighted by Crippen LogP contribution is -2.05. The highest BCUT2D eigenvalue weighted by atomic mass is 35.5. The molecule has 0 atom stereocenters. The smallest absolute Gasteiger partial charge is 0.129 e. The molecular weight excluding hydrogens is 230 g/mol. The Hall–Kier alpha value is -1.42. The van der Waals surface area contributed by atoms with Crippen molar-refractivity contribution in [3.8, 4) is 11.5 Å². The average Bonchev–Trinajstić information content (AvgIpc) is 3.06. The van der Waals surface area contributed by atoms with Crippen molar-refractivity contribution in [3.05, 3.63) is 22.7 Å². The Labute approximate surface area is 98.1 Å². The zero-order valence-electron chi connectivity index (χ0n) is 8.77. The summed E-state index contributed by atoms with van der Waals surface area (Å²) in [6, 6.07) is 3.04. The van der Waals surface area contributed by atoms with E-state index < -0.39 is 0 Å². The molecule has 1 aromatic rings. The number of oxime groups is 1. The second kappa shape index (κ2) is 4.22. The highest BCUT2D eigenvalue weighted by molar-refractivity contribution is 6.35. The van der Waals surface area contributed by atoms with Crippen molar-refractivity contribution in [2.24, 2.45) is 11.1 Å². The summed E-state index contributed by atoms with van der Waals surface area (Å²) in [5, 5.41) is 22.3. The molecule has 0 bridgehead atoms. The number of methoxy groups -OCH3 is 1. The molecule has 2 rings (SSSR count). The number of halogens is 1. The maximum Gasteiger partial charge on any atom is 0.129 e. The summed E-state index contributed by atoms with van der Waals surface area (Å²) in [7, 11) is 1.49. The second-order valence-corrected chi connectivity index (χ2v) is 4.17. The Balaban J connectivity index is 2.47. The number of phenolic OH excluding ortho intramolecular Hbond substituents is 1. The molecule has 0 aliphatic heterocycles. The zero-order valence-corrected chi connectivity index (χ0v) is 9.53. The largest absolute Gasteiger partial charge is 0.507 e. The van der Waals surface area contributed by atoms with Gasteiger partial charge in [-0.3, -0.25) is 0 Å². The summed E-state index contributed by atoms with van der Waals surface area (Å²) in [5.41, 5.74) is 0.845. The average molecular weight is 242 g/mol. The fourth-order valence-corrected chi connectivity index (χ4v) is 1.93. The number of rotatable bonds is 3. The van der Waals surface area contributed by atoms with E-state index in [-0.39, 0.29) is 11.7 Å². The maximum atomic E-state index is 9.83. The van der Waals surface area contributed by atoms with Gasteiger partial charge in [0.25, 0.3) is 0 Å². The molecule has 1 fully saturated rings. The fourth-order valence-electron chi connectivity index (χ4n) is 1.63. The van der Waals surface area contributed by atoms with Gasteiger partial charge in [0, 0.05) is 12.0 Å². The van der Waals surface area contributed by atoms with Crippen molar-refractivity contribution >= 4 is 17.3 Å². The van der Waals surface area contributed by atoms with Crippen LogP contribution in [0, 0.1) is 5.92 Å². The Kier molecular flexibility index (Phi) is 2.92. The van der Waals surface area contributed by atoms with Crippen LogP contribution in [0.25, 0.3) is 0 Å². The molecule has 0 amide bonds. The number of hydrogen-bond donors (Lipinski definition) is 2. The standard InChI is InChI=1S/C11H12ClNO3/c1-16-7-4-8(12)10(9(14)5-7)11(13-15)6-2-3-6/h4-6,14-15H,2-3H2,1H3/b13-11-. The second-order valence-electron chi connectivity index (χ2n) is 3.76. The van der Waals surface area contributed by atoms with Crippen LogP contribution in [0.2, 0.25) is 5.02 Å². The highest BCUT2D eigenvalue weighted by Gasteiger charge is 2.32. The van der Waals surface area contributed by atoms with Gasteiger partial charge in [-0.2, -0.15) is 0 Å². The Bertz CT molecular complexity index is 418. The third kappa shape index (κ3) is 1.93. The van der Waals surface area contributed by atoms with Crippen molar-refractivity contribution < 1.29 is 15.1 Å². The number of hydrogen-bond acceptors (Lipinski definition) is 4. The van der Waals surface area contributed by atoms with Gasteiger partial charge in [0.1, 0.15) is 11.5 Å². The summed E-state index contributed by atoms with van der Waals surface area (Å²) in [6.45, 7) is 0. The minimum atomic E-state index is -0.0240. The van der Waals surface area contributed by atoms with Gasteiger partial charge in [-0.15, -0.1) is 0 Å². The molecule has 1 saturated carbocycles. The molecule has 4 nitrogen and oxygen atoms in total. The van der Waals surface area contributed by atoms with Gasteiger partial charge >= 0.3 is 0 Å². The predicted octanol–water partition coefficient (Wildman–Crippen LogP) is 2.64. The minimum absolute atomic E-state index is 0.0240. The van der Waals surface area contributed by atoms with Crippen molar-refractivity contribution in [1.29, 1.82) is 0 Å². The molecule has 0 unspecified atom stereocenters. The molecule has 1 aliphatic carbocycles. The molecule has 5 heteroatoms. The van der Waals surface area contributed by atoms with Gasteiger partial charge in [-0.1, -0.05) is 16.8 Å². The maximum absolute atomic E-state index is 9.83. The Morgan fingerprint density at radius 2 is 2.19 bits per heavy atom. The fraction of sp³-hybridized carbons (Fsp3) is 0.364. The molecule has 0 spiro atoms. The van der Waals surface area contributed by atoms with Crippen LogP contribution in [-0.4, -0.2) is 23.1 Å². The van der Waals surface area contributed by atoms with E-state index in [4.69, 9.17) is 21.5 Å². The number of benzene rings is 1. The third-order valence-corrected chi connectivity index (χ3v) is 2.90. The molecule has 1 aromatic carbocycles. The van der Waals surface area contributed by atoms with Crippen LogP contribution in [0.5, 0.6) is 11.5 Å². The summed E-state index contributed by atoms with van der Waals surface area (Å²) < 4.78 is 4.97. The van der Waals surface area contributed by atoms with Crippen molar-refractivity contribution in [2.75, 3.05) is 7.11 Å². The summed E-state index contributed by atoms with van der Waals surface area (Å²) in [4.78, 5) is 0. The Morgan fingerprint density at radius 1 is 1.50 bits per heavy atom. The highest BCUT2D eigenvalue weighted by Crippen LogP contribution is 2.40. The summed E-state index contributed by atoms with van der Waals surface area (Å²) in [5.74, 6) is 0.644. The van der Waals surface area contributed by atoms with Crippen LogP contribution in [0.15, 0.2) is 17.3 Å².